The fourth-order valence-electron chi connectivity index (χ4n) is 0.763. The van der Waals surface area contributed by atoms with Gasteiger partial charge in [0.2, 0.25) is 5.91 Å². The highest BCUT2D eigenvalue weighted by molar-refractivity contribution is 5.76. The van der Waals surface area contributed by atoms with E-state index in [4.69, 9.17) is 6.42 Å². The molecular formula is C9H12F3NO2. The Hall–Kier alpha value is -1.22. The lowest BCUT2D eigenvalue weighted by Gasteiger charge is -2.13. The van der Waals surface area contributed by atoms with Crippen molar-refractivity contribution in [3.63, 3.8) is 0 Å². The number of hydrogen-bond acceptors (Lipinski definition) is 2. The highest BCUT2D eigenvalue weighted by atomic mass is 19.4. The number of nitrogens with zero attached hydrogens (tertiary/aromatic N) is 1. The van der Waals surface area contributed by atoms with Gasteiger partial charge < -0.3 is 9.64 Å². The van der Waals surface area contributed by atoms with Gasteiger partial charge in [0.15, 0.2) is 0 Å². The molecule has 0 aliphatic rings. The number of terminal acetylenes is 1. The predicted molar refractivity (Wildman–Crippen MR) is 48.0 cm³/mol. The molecule has 0 aromatic heterocycles. The molecule has 86 valence electrons. The standard InChI is InChI=1S/C9H12F3NO2/c1-3-5-13(2)8(14)4-6-15-7-9(10,11)12/h1H,4-7H2,2H3. The average Bonchev–Trinajstić information content (AvgIpc) is 2.11. The number of amides is 1. The first-order valence-electron chi connectivity index (χ1n) is 4.18. The van der Waals surface area contributed by atoms with Crippen molar-refractivity contribution in [2.75, 3.05) is 26.8 Å². The van der Waals surface area contributed by atoms with Crippen LogP contribution in [0.5, 0.6) is 0 Å². The summed E-state index contributed by atoms with van der Waals surface area (Å²) < 4.78 is 39.1. The molecule has 0 bridgehead atoms. The third kappa shape index (κ3) is 7.82. The van der Waals surface area contributed by atoms with Crippen LogP contribution in [0.3, 0.4) is 0 Å². The maximum atomic E-state index is 11.6. The second-order valence-electron chi connectivity index (χ2n) is 2.87. The van der Waals surface area contributed by atoms with Crippen molar-refractivity contribution in [3.8, 4) is 12.3 Å². The summed E-state index contributed by atoms with van der Waals surface area (Å²) in [7, 11) is 1.48. The minimum absolute atomic E-state index is 0.103. The van der Waals surface area contributed by atoms with E-state index in [1.807, 2.05) is 0 Å². The maximum absolute atomic E-state index is 11.6. The molecule has 0 unspecified atom stereocenters. The summed E-state index contributed by atoms with van der Waals surface area (Å²) in [5.74, 6) is 1.91. The van der Waals surface area contributed by atoms with E-state index in [0.29, 0.717) is 0 Å². The van der Waals surface area contributed by atoms with Crippen LogP contribution in [-0.4, -0.2) is 43.8 Å². The van der Waals surface area contributed by atoms with Crippen LogP contribution < -0.4 is 0 Å². The van der Waals surface area contributed by atoms with Crippen molar-refractivity contribution >= 4 is 5.91 Å². The lowest BCUT2D eigenvalue weighted by atomic mass is 10.4. The molecule has 0 aromatic carbocycles. The summed E-state index contributed by atoms with van der Waals surface area (Å²) >= 11 is 0. The highest BCUT2D eigenvalue weighted by Gasteiger charge is 2.27. The molecule has 0 heterocycles. The first-order valence-corrected chi connectivity index (χ1v) is 4.18. The van der Waals surface area contributed by atoms with Gasteiger partial charge in [-0.05, 0) is 0 Å². The van der Waals surface area contributed by atoms with E-state index >= 15 is 0 Å². The van der Waals surface area contributed by atoms with Crippen LogP contribution >= 0.6 is 0 Å². The molecule has 0 atom stereocenters. The van der Waals surface area contributed by atoms with E-state index < -0.39 is 12.8 Å². The molecule has 0 saturated carbocycles. The van der Waals surface area contributed by atoms with Crippen LogP contribution in [-0.2, 0) is 9.53 Å². The maximum Gasteiger partial charge on any atom is 0.411 e. The summed E-state index contributed by atoms with van der Waals surface area (Å²) in [5.41, 5.74) is 0. The van der Waals surface area contributed by atoms with E-state index in [0.717, 1.165) is 0 Å². The Morgan fingerprint density at radius 3 is 2.60 bits per heavy atom. The van der Waals surface area contributed by atoms with Crippen molar-refractivity contribution in [2.24, 2.45) is 0 Å². The Labute approximate surface area is 86.2 Å². The Bertz CT molecular complexity index is 245. The predicted octanol–water partition coefficient (Wildman–Crippen LogP) is 1.05. The minimum Gasteiger partial charge on any atom is -0.372 e. The van der Waals surface area contributed by atoms with Gasteiger partial charge in [0, 0.05) is 7.05 Å². The third-order valence-corrected chi connectivity index (χ3v) is 1.48. The van der Waals surface area contributed by atoms with Gasteiger partial charge in [-0.25, -0.2) is 0 Å². The third-order valence-electron chi connectivity index (χ3n) is 1.48. The normalized spacial score (nSPS) is 10.9. The van der Waals surface area contributed by atoms with Gasteiger partial charge in [-0.1, -0.05) is 5.92 Å². The van der Waals surface area contributed by atoms with E-state index in [9.17, 15) is 18.0 Å². The van der Waals surface area contributed by atoms with Crippen LogP contribution in [0.1, 0.15) is 6.42 Å². The van der Waals surface area contributed by atoms with Gasteiger partial charge in [0.05, 0.1) is 19.6 Å². The van der Waals surface area contributed by atoms with E-state index in [1.165, 1.54) is 11.9 Å². The van der Waals surface area contributed by atoms with Crippen LogP contribution in [0.4, 0.5) is 13.2 Å². The Morgan fingerprint density at radius 1 is 1.53 bits per heavy atom. The second-order valence-corrected chi connectivity index (χ2v) is 2.87. The molecule has 15 heavy (non-hydrogen) atoms. The molecule has 0 rings (SSSR count). The molecule has 0 aliphatic carbocycles. The number of halogens is 3. The summed E-state index contributed by atoms with van der Waals surface area (Å²) in [5, 5.41) is 0. The van der Waals surface area contributed by atoms with Crippen LogP contribution in [0, 0.1) is 12.3 Å². The molecule has 0 radical (unpaired) electrons. The van der Waals surface area contributed by atoms with Gasteiger partial charge in [0.25, 0.3) is 0 Å². The van der Waals surface area contributed by atoms with Crippen molar-refractivity contribution in [3.05, 3.63) is 0 Å². The number of ether oxygens (including phenoxy) is 1. The molecule has 0 fully saturated rings. The number of hydrogen-bond donors (Lipinski definition) is 0. The van der Waals surface area contributed by atoms with Gasteiger partial charge in [-0.15, -0.1) is 6.42 Å². The molecule has 0 spiro atoms. The van der Waals surface area contributed by atoms with Gasteiger partial charge in [-0.2, -0.15) is 13.2 Å². The van der Waals surface area contributed by atoms with Crippen molar-refractivity contribution < 1.29 is 22.7 Å². The summed E-state index contributed by atoms with van der Waals surface area (Å²) in [4.78, 5) is 12.4. The minimum atomic E-state index is -4.35. The Kier molecular flexibility index (Phi) is 5.79. The quantitative estimate of drug-likeness (QED) is 0.515. The molecule has 0 aliphatic heterocycles. The SMILES string of the molecule is C#CCN(C)C(=O)CCOCC(F)(F)F. The lowest BCUT2D eigenvalue weighted by molar-refractivity contribution is -0.175. The molecule has 0 saturated heterocycles. The molecule has 1 amide bonds. The smallest absolute Gasteiger partial charge is 0.372 e. The average molecular weight is 223 g/mol. The molecule has 0 N–H and O–H groups in total. The van der Waals surface area contributed by atoms with Gasteiger partial charge >= 0.3 is 6.18 Å². The summed E-state index contributed by atoms with van der Waals surface area (Å²) in [6.07, 6.45) is 0.499. The molecule has 3 nitrogen and oxygen atoms in total. The number of rotatable bonds is 5. The van der Waals surface area contributed by atoms with Crippen molar-refractivity contribution in [1.29, 1.82) is 0 Å². The molecule has 0 aromatic rings. The topological polar surface area (TPSA) is 29.5 Å². The monoisotopic (exact) mass is 223 g/mol. The first kappa shape index (κ1) is 13.8. The van der Waals surface area contributed by atoms with E-state index in [-0.39, 0.29) is 25.5 Å². The number of alkyl halides is 3. The van der Waals surface area contributed by atoms with Crippen molar-refractivity contribution in [2.45, 2.75) is 12.6 Å². The molecular weight excluding hydrogens is 211 g/mol. The number of carbonyl (C=O) groups is 1. The van der Waals surface area contributed by atoms with Gasteiger partial charge in [-0.3, -0.25) is 4.79 Å². The summed E-state index contributed by atoms with van der Waals surface area (Å²) in [6.45, 7) is -1.45. The number of carbonyl (C=O) groups excluding carboxylic acids is 1. The first-order chi connectivity index (χ1) is 6.87. The summed E-state index contributed by atoms with van der Waals surface area (Å²) in [6, 6.07) is 0. The van der Waals surface area contributed by atoms with Gasteiger partial charge in [0.1, 0.15) is 6.61 Å². The highest BCUT2D eigenvalue weighted by Crippen LogP contribution is 2.14. The largest absolute Gasteiger partial charge is 0.411 e. The molecule has 6 heteroatoms. The van der Waals surface area contributed by atoms with Crippen LogP contribution in [0.25, 0.3) is 0 Å². The fourth-order valence-corrected chi connectivity index (χ4v) is 0.763. The Morgan fingerprint density at radius 2 is 2.13 bits per heavy atom. The van der Waals surface area contributed by atoms with E-state index in [1.54, 1.807) is 0 Å². The Balaban J connectivity index is 3.61. The second kappa shape index (κ2) is 6.30. The van der Waals surface area contributed by atoms with E-state index in [2.05, 4.69) is 10.7 Å². The zero-order valence-corrected chi connectivity index (χ0v) is 8.30. The lowest BCUT2D eigenvalue weighted by Crippen LogP contribution is -2.28. The zero-order chi connectivity index (χ0) is 11.9. The van der Waals surface area contributed by atoms with Crippen molar-refractivity contribution in [1.82, 2.24) is 4.90 Å². The van der Waals surface area contributed by atoms with Crippen LogP contribution in [0.2, 0.25) is 0 Å². The zero-order valence-electron chi connectivity index (χ0n) is 8.30. The van der Waals surface area contributed by atoms with Crippen LogP contribution in [0.15, 0.2) is 0 Å². The fraction of sp³-hybridized carbons (Fsp3) is 0.667.